The lowest BCUT2D eigenvalue weighted by Crippen LogP contribution is -2.11. The lowest BCUT2D eigenvalue weighted by atomic mass is 10.1. The fraction of sp³-hybridized carbons (Fsp3) is 0. The van der Waals surface area contributed by atoms with Crippen LogP contribution in [0.4, 0.5) is 0 Å². The van der Waals surface area contributed by atoms with Crippen LogP contribution in [-0.2, 0) is 10.0 Å². The van der Waals surface area contributed by atoms with Crippen LogP contribution < -0.4 is 5.14 Å². The summed E-state index contributed by atoms with van der Waals surface area (Å²) in [7, 11) is -3.77. The van der Waals surface area contributed by atoms with Crippen LogP contribution in [0.3, 0.4) is 0 Å². The first kappa shape index (κ1) is 13.4. The number of hydrogen-bond acceptors (Lipinski definition) is 3. The summed E-state index contributed by atoms with van der Waals surface area (Å²) in [5.41, 5.74) is 2.87. The first-order valence-electron chi connectivity index (χ1n) is 6.07. The summed E-state index contributed by atoms with van der Waals surface area (Å²) in [5.74, 6) is 2.55. The summed E-state index contributed by atoms with van der Waals surface area (Å²) in [5, 5.41) is 5.63. The van der Waals surface area contributed by atoms with Gasteiger partial charge in [0.2, 0.25) is 10.0 Å². The molecule has 0 aliphatic rings. The number of aromatic nitrogens is 2. The van der Waals surface area contributed by atoms with Crippen molar-refractivity contribution >= 4 is 21.1 Å². The van der Waals surface area contributed by atoms with Crippen molar-refractivity contribution < 1.29 is 8.42 Å². The molecule has 0 amide bonds. The Morgan fingerprint density at radius 3 is 2.48 bits per heavy atom. The van der Waals surface area contributed by atoms with Crippen LogP contribution in [0.1, 0.15) is 5.56 Å². The van der Waals surface area contributed by atoms with Gasteiger partial charge >= 0.3 is 0 Å². The highest BCUT2D eigenvalue weighted by molar-refractivity contribution is 7.89. The maximum atomic E-state index is 11.4. The molecule has 0 spiro atoms. The molecule has 0 unspecified atom stereocenters. The van der Waals surface area contributed by atoms with E-state index in [0.29, 0.717) is 16.7 Å². The second-order valence-electron chi connectivity index (χ2n) is 4.51. The van der Waals surface area contributed by atoms with Crippen LogP contribution in [0, 0.1) is 12.3 Å². The Kier molecular flexibility index (Phi) is 3.01. The van der Waals surface area contributed by atoms with Crippen LogP contribution in [0.25, 0.3) is 22.3 Å². The summed E-state index contributed by atoms with van der Waals surface area (Å²) in [6.45, 7) is 0. The molecular formula is C15H11N3O2S. The summed E-state index contributed by atoms with van der Waals surface area (Å²) in [6.07, 6.45) is 6.66. The number of aromatic amines is 1. The van der Waals surface area contributed by atoms with Gasteiger partial charge in [0.25, 0.3) is 0 Å². The van der Waals surface area contributed by atoms with E-state index in [2.05, 4.69) is 15.9 Å². The molecule has 3 rings (SSSR count). The summed E-state index contributed by atoms with van der Waals surface area (Å²) in [6, 6.07) is 10.8. The van der Waals surface area contributed by atoms with Gasteiger partial charge in [-0.05, 0) is 24.3 Å². The van der Waals surface area contributed by atoms with Crippen LogP contribution >= 0.6 is 0 Å². The van der Waals surface area contributed by atoms with Crippen molar-refractivity contribution in [3.63, 3.8) is 0 Å². The number of sulfonamides is 1. The number of terminal acetylenes is 1. The van der Waals surface area contributed by atoms with Crippen molar-refractivity contribution in [2.75, 3.05) is 0 Å². The van der Waals surface area contributed by atoms with Gasteiger partial charge in [-0.15, -0.1) is 6.42 Å². The number of H-pyrrole nitrogens is 1. The molecule has 5 nitrogen and oxygen atoms in total. The van der Waals surface area contributed by atoms with Gasteiger partial charge in [0.05, 0.1) is 5.69 Å². The Hall–Kier alpha value is -2.62. The highest BCUT2D eigenvalue weighted by atomic mass is 32.2. The fourth-order valence-electron chi connectivity index (χ4n) is 2.11. The third kappa shape index (κ3) is 2.40. The third-order valence-corrected chi connectivity index (χ3v) is 4.11. The number of pyridine rings is 1. The molecule has 1 aromatic carbocycles. The molecule has 2 aromatic heterocycles. The first-order valence-corrected chi connectivity index (χ1v) is 7.61. The molecule has 104 valence electrons. The van der Waals surface area contributed by atoms with Gasteiger partial charge in [-0.3, -0.25) is 0 Å². The number of nitrogens with two attached hydrogens (primary N) is 1. The minimum Gasteiger partial charge on any atom is -0.345 e. The minimum atomic E-state index is -3.77. The third-order valence-electron chi connectivity index (χ3n) is 3.15. The second kappa shape index (κ2) is 4.74. The van der Waals surface area contributed by atoms with E-state index in [1.165, 1.54) is 6.20 Å². The molecule has 0 fully saturated rings. The van der Waals surface area contributed by atoms with Crippen molar-refractivity contribution in [3.8, 4) is 23.6 Å². The molecule has 0 saturated carbocycles. The highest BCUT2D eigenvalue weighted by Crippen LogP contribution is 2.24. The van der Waals surface area contributed by atoms with Crippen molar-refractivity contribution in [3.05, 3.63) is 48.2 Å². The van der Waals surface area contributed by atoms with Crippen molar-refractivity contribution in [1.82, 2.24) is 9.97 Å². The predicted octanol–water partition coefficient (Wildman–Crippen LogP) is 1.86. The standard InChI is InChI=1S/C15H11N3O2S/c1-2-10-3-5-11(6-4-10)13-8-7-12-14(21(16,19)20)9-17-15(12)18-13/h1,3-9H,(H,17,18)(H2,16,19,20). The molecule has 3 N–H and O–H groups in total. The number of hydrogen-bond donors (Lipinski definition) is 2. The molecule has 0 aliphatic carbocycles. The van der Waals surface area contributed by atoms with Gasteiger partial charge in [-0.1, -0.05) is 18.1 Å². The zero-order chi connectivity index (χ0) is 15.0. The lowest BCUT2D eigenvalue weighted by molar-refractivity contribution is 0.598. The monoisotopic (exact) mass is 297 g/mol. The van der Waals surface area contributed by atoms with Gasteiger partial charge in [0.1, 0.15) is 10.5 Å². The van der Waals surface area contributed by atoms with E-state index >= 15 is 0 Å². The number of nitrogens with one attached hydrogen (secondary N) is 1. The number of rotatable bonds is 2. The summed E-state index contributed by atoms with van der Waals surface area (Å²) >= 11 is 0. The van der Waals surface area contributed by atoms with Gasteiger partial charge < -0.3 is 4.98 Å². The molecule has 3 aromatic rings. The summed E-state index contributed by atoms with van der Waals surface area (Å²) in [4.78, 5) is 7.27. The largest absolute Gasteiger partial charge is 0.345 e. The van der Waals surface area contributed by atoms with Crippen LogP contribution in [0.15, 0.2) is 47.5 Å². The van der Waals surface area contributed by atoms with Gasteiger partial charge in [0.15, 0.2) is 0 Å². The van der Waals surface area contributed by atoms with E-state index in [9.17, 15) is 8.42 Å². The quantitative estimate of drug-likeness (QED) is 0.707. The van der Waals surface area contributed by atoms with Crippen LogP contribution in [-0.4, -0.2) is 18.4 Å². The molecular weight excluding hydrogens is 286 g/mol. The van der Waals surface area contributed by atoms with E-state index in [4.69, 9.17) is 11.6 Å². The zero-order valence-electron chi connectivity index (χ0n) is 10.9. The first-order chi connectivity index (χ1) is 9.99. The molecule has 0 bridgehead atoms. The molecule has 0 aliphatic heterocycles. The van der Waals surface area contributed by atoms with Crippen molar-refractivity contribution in [2.45, 2.75) is 4.90 Å². The Labute approximate surface area is 121 Å². The van der Waals surface area contributed by atoms with Gasteiger partial charge in [0, 0.05) is 22.7 Å². The Morgan fingerprint density at radius 1 is 1.14 bits per heavy atom. The molecule has 0 atom stereocenters. The normalized spacial score (nSPS) is 11.4. The van der Waals surface area contributed by atoms with Crippen LogP contribution in [0.2, 0.25) is 0 Å². The second-order valence-corrected chi connectivity index (χ2v) is 6.04. The zero-order valence-corrected chi connectivity index (χ0v) is 11.7. The molecule has 21 heavy (non-hydrogen) atoms. The number of nitrogens with zero attached hydrogens (tertiary/aromatic N) is 1. The van der Waals surface area contributed by atoms with E-state index in [1.54, 1.807) is 12.1 Å². The SMILES string of the molecule is C#Cc1ccc(-c2ccc3c(S(N)(=O)=O)c[nH]c3n2)cc1. The topological polar surface area (TPSA) is 88.8 Å². The van der Waals surface area contributed by atoms with Crippen LogP contribution in [0.5, 0.6) is 0 Å². The Balaban J connectivity index is 2.12. The van der Waals surface area contributed by atoms with Crippen molar-refractivity contribution in [1.29, 1.82) is 0 Å². The number of primary sulfonamides is 1. The Bertz CT molecular complexity index is 964. The van der Waals surface area contributed by atoms with E-state index in [0.717, 1.165) is 11.1 Å². The lowest BCUT2D eigenvalue weighted by Gasteiger charge is -2.02. The average Bonchev–Trinajstić information content (AvgIpc) is 2.90. The minimum absolute atomic E-state index is 0.0410. The molecule has 0 saturated heterocycles. The smallest absolute Gasteiger partial charge is 0.240 e. The Morgan fingerprint density at radius 2 is 1.86 bits per heavy atom. The fourth-order valence-corrected chi connectivity index (χ4v) is 2.81. The van der Waals surface area contributed by atoms with E-state index in [1.807, 2.05) is 24.3 Å². The maximum Gasteiger partial charge on any atom is 0.240 e. The van der Waals surface area contributed by atoms with Crippen molar-refractivity contribution in [2.24, 2.45) is 5.14 Å². The number of fused-ring (bicyclic) bond motifs is 1. The van der Waals surface area contributed by atoms with E-state index in [-0.39, 0.29) is 4.90 Å². The molecule has 0 radical (unpaired) electrons. The predicted molar refractivity (Wildman–Crippen MR) is 80.8 cm³/mol. The molecule has 2 heterocycles. The average molecular weight is 297 g/mol. The van der Waals surface area contributed by atoms with Gasteiger partial charge in [-0.2, -0.15) is 0 Å². The highest BCUT2D eigenvalue weighted by Gasteiger charge is 2.15. The maximum absolute atomic E-state index is 11.4. The molecule has 6 heteroatoms. The summed E-state index contributed by atoms with van der Waals surface area (Å²) < 4.78 is 22.9. The van der Waals surface area contributed by atoms with E-state index < -0.39 is 10.0 Å². The van der Waals surface area contributed by atoms with Gasteiger partial charge in [-0.25, -0.2) is 18.5 Å². The number of benzene rings is 1.